The number of nitrogens with one attached hydrogen (secondary N) is 1. The molecule has 0 saturated carbocycles. The van der Waals surface area contributed by atoms with Gasteiger partial charge in [0.25, 0.3) is 0 Å². The fourth-order valence-electron chi connectivity index (χ4n) is 1.43. The second kappa shape index (κ2) is 6.11. The standard InChI is InChI=1S/C13H12BrFN2S/c1-2-13-12(14)7-11(18-13)8-16-17-10-5-3-9(15)4-6-10/h3-8,17H,2H2,1H3/b16-8-. The lowest BCUT2D eigenvalue weighted by molar-refractivity contribution is 0.628. The fourth-order valence-corrected chi connectivity index (χ4v) is 3.21. The highest BCUT2D eigenvalue weighted by Crippen LogP contribution is 2.26. The molecular weight excluding hydrogens is 315 g/mol. The minimum Gasteiger partial charge on any atom is -0.278 e. The molecule has 0 aliphatic carbocycles. The SMILES string of the molecule is CCc1sc(/C=N\Nc2ccc(F)cc2)cc1Br. The maximum absolute atomic E-state index is 12.7. The van der Waals surface area contributed by atoms with Crippen LogP contribution in [0.2, 0.25) is 0 Å². The minimum atomic E-state index is -0.251. The van der Waals surface area contributed by atoms with Crippen LogP contribution in [0.5, 0.6) is 0 Å². The third-order valence-corrected chi connectivity index (χ3v) is 4.51. The number of aryl methyl sites for hydroxylation is 1. The molecule has 0 bridgehead atoms. The lowest BCUT2D eigenvalue weighted by atomic mass is 10.3. The molecule has 18 heavy (non-hydrogen) atoms. The van der Waals surface area contributed by atoms with E-state index < -0.39 is 0 Å². The van der Waals surface area contributed by atoms with Crippen molar-refractivity contribution in [1.29, 1.82) is 0 Å². The summed E-state index contributed by atoms with van der Waals surface area (Å²) in [5.41, 5.74) is 3.62. The summed E-state index contributed by atoms with van der Waals surface area (Å²) in [6, 6.07) is 8.13. The van der Waals surface area contributed by atoms with Crippen LogP contribution in [0.1, 0.15) is 16.7 Å². The molecule has 1 N–H and O–H groups in total. The van der Waals surface area contributed by atoms with E-state index >= 15 is 0 Å². The number of hydrogen-bond acceptors (Lipinski definition) is 3. The number of hydrogen-bond donors (Lipinski definition) is 1. The van der Waals surface area contributed by atoms with Gasteiger partial charge in [-0.1, -0.05) is 6.92 Å². The number of benzene rings is 1. The van der Waals surface area contributed by atoms with Gasteiger partial charge in [0, 0.05) is 14.2 Å². The molecule has 1 aromatic heterocycles. The normalized spacial score (nSPS) is 11.1. The van der Waals surface area contributed by atoms with E-state index in [1.54, 1.807) is 29.7 Å². The summed E-state index contributed by atoms with van der Waals surface area (Å²) in [6.07, 6.45) is 2.77. The van der Waals surface area contributed by atoms with Crippen LogP contribution in [-0.4, -0.2) is 6.21 Å². The van der Waals surface area contributed by atoms with Crippen molar-refractivity contribution in [2.75, 3.05) is 5.43 Å². The first-order valence-electron chi connectivity index (χ1n) is 5.52. The third-order valence-electron chi connectivity index (χ3n) is 2.33. The van der Waals surface area contributed by atoms with Crippen molar-refractivity contribution in [2.24, 2.45) is 5.10 Å². The summed E-state index contributed by atoms with van der Waals surface area (Å²) in [6.45, 7) is 2.12. The Morgan fingerprint density at radius 1 is 1.39 bits per heavy atom. The van der Waals surface area contributed by atoms with E-state index in [9.17, 15) is 4.39 Å². The molecule has 2 rings (SSSR count). The van der Waals surface area contributed by atoms with Crippen LogP contribution < -0.4 is 5.43 Å². The molecule has 2 nitrogen and oxygen atoms in total. The van der Waals surface area contributed by atoms with Crippen molar-refractivity contribution in [3.63, 3.8) is 0 Å². The number of thiophene rings is 1. The van der Waals surface area contributed by atoms with Gasteiger partial charge in [-0.3, -0.25) is 5.43 Å². The van der Waals surface area contributed by atoms with Crippen LogP contribution in [0, 0.1) is 5.82 Å². The predicted octanol–water partition coefficient (Wildman–Crippen LogP) is 4.66. The van der Waals surface area contributed by atoms with E-state index in [4.69, 9.17) is 0 Å². The maximum atomic E-state index is 12.7. The van der Waals surface area contributed by atoms with Gasteiger partial charge in [-0.05, 0) is 52.7 Å². The van der Waals surface area contributed by atoms with Gasteiger partial charge >= 0.3 is 0 Å². The fraction of sp³-hybridized carbons (Fsp3) is 0.154. The summed E-state index contributed by atoms with van der Waals surface area (Å²) in [4.78, 5) is 2.38. The van der Waals surface area contributed by atoms with Crippen LogP contribution in [-0.2, 0) is 6.42 Å². The van der Waals surface area contributed by atoms with Gasteiger partial charge in [0.15, 0.2) is 0 Å². The summed E-state index contributed by atoms with van der Waals surface area (Å²) in [5, 5.41) is 4.12. The molecule has 0 radical (unpaired) electrons. The van der Waals surface area contributed by atoms with E-state index in [1.165, 1.54) is 17.0 Å². The Bertz CT molecular complexity index is 549. The molecule has 0 aliphatic rings. The number of anilines is 1. The second-order valence-corrected chi connectivity index (χ2v) is 5.67. The molecule has 0 aliphatic heterocycles. The number of rotatable bonds is 4. The Morgan fingerprint density at radius 3 is 2.72 bits per heavy atom. The van der Waals surface area contributed by atoms with Gasteiger partial charge in [-0.2, -0.15) is 5.10 Å². The Balaban J connectivity index is 2.00. The average molecular weight is 327 g/mol. The Hall–Kier alpha value is -1.20. The molecule has 0 fully saturated rings. The Morgan fingerprint density at radius 2 is 2.11 bits per heavy atom. The van der Waals surface area contributed by atoms with E-state index in [0.717, 1.165) is 21.5 Å². The Labute approximate surface area is 118 Å². The van der Waals surface area contributed by atoms with Gasteiger partial charge in [0.05, 0.1) is 11.9 Å². The van der Waals surface area contributed by atoms with Crippen LogP contribution >= 0.6 is 27.3 Å². The zero-order chi connectivity index (χ0) is 13.0. The highest BCUT2D eigenvalue weighted by atomic mass is 79.9. The zero-order valence-electron chi connectivity index (χ0n) is 9.78. The molecule has 0 atom stereocenters. The van der Waals surface area contributed by atoms with Crippen molar-refractivity contribution in [3.8, 4) is 0 Å². The molecule has 0 amide bonds. The van der Waals surface area contributed by atoms with Crippen LogP contribution in [0.3, 0.4) is 0 Å². The van der Waals surface area contributed by atoms with Gasteiger partial charge < -0.3 is 0 Å². The van der Waals surface area contributed by atoms with E-state index in [2.05, 4.69) is 33.4 Å². The van der Waals surface area contributed by atoms with Crippen molar-refractivity contribution >= 4 is 39.2 Å². The topological polar surface area (TPSA) is 24.4 Å². The molecule has 1 heterocycles. The first kappa shape index (κ1) is 13.2. The monoisotopic (exact) mass is 326 g/mol. The highest BCUT2D eigenvalue weighted by Gasteiger charge is 2.02. The summed E-state index contributed by atoms with van der Waals surface area (Å²) in [5.74, 6) is -0.251. The molecule has 94 valence electrons. The van der Waals surface area contributed by atoms with Gasteiger partial charge in [-0.15, -0.1) is 11.3 Å². The predicted molar refractivity (Wildman–Crippen MR) is 79.0 cm³/mol. The van der Waals surface area contributed by atoms with Crippen molar-refractivity contribution in [2.45, 2.75) is 13.3 Å². The molecule has 5 heteroatoms. The first-order valence-corrected chi connectivity index (χ1v) is 7.13. The third kappa shape index (κ3) is 3.40. The first-order chi connectivity index (χ1) is 8.69. The molecule has 0 unspecified atom stereocenters. The molecular formula is C13H12BrFN2S. The second-order valence-electron chi connectivity index (χ2n) is 3.65. The van der Waals surface area contributed by atoms with E-state index in [0.29, 0.717) is 0 Å². The van der Waals surface area contributed by atoms with E-state index in [1.807, 2.05) is 6.07 Å². The minimum absolute atomic E-state index is 0.251. The van der Waals surface area contributed by atoms with Gasteiger partial charge in [0.2, 0.25) is 0 Å². The quantitative estimate of drug-likeness (QED) is 0.641. The summed E-state index contributed by atoms with van der Waals surface area (Å²) < 4.78 is 13.8. The largest absolute Gasteiger partial charge is 0.278 e. The van der Waals surface area contributed by atoms with Crippen molar-refractivity contribution in [3.05, 3.63) is 50.4 Å². The summed E-state index contributed by atoms with van der Waals surface area (Å²) >= 11 is 5.21. The molecule has 1 aromatic carbocycles. The summed E-state index contributed by atoms with van der Waals surface area (Å²) in [7, 11) is 0. The van der Waals surface area contributed by atoms with Crippen LogP contribution in [0.15, 0.2) is 39.9 Å². The average Bonchev–Trinajstić information content (AvgIpc) is 2.72. The zero-order valence-corrected chi connectivity index (χ0v) is 12.2. The Kier molecular flexibility index (Phi) is 4.49. The molecule has 0 spiro atoms. The van der Waals surface area contributed by atoms with Gasteiger partial charge in [0.1, 0.15) is 5.82 Å². The lowest BCUT2D eigenvalue weighted by Crippen LogP contribution is -1.89. The smallest absolute Gasteiger partial charge is 0.123 e. The van der Waals surface area contributed by atoms with Crippen LogP contribution in [0.4, 0.5) is 10.1 Å². The molecule has 0 saturated heterocycles. The number of nitrogens with zero attached hydrogens (tertiary/aromatic N) is 1. The molecule has 2 aromatic rings. The van der Waals surface area contributed by atoms with Crippen molar-refractivity contribution in [1.82, 2.24) is 0 Å². The maximum Gasteiger partial charge on any atom is 0.123 e. The van der Waals surface area contributed by atoms with Crippen molar-refractivity contribution < 1.29 is 4.39 Å². The van der Waals surface area contributed by atoms with E-state index in [-0.39, 0.29) is 5.82 Å². The highest BCUT2D eigenvalue weighted by molar-refractivity contribution is 9.10. The van der Waals surface area contributed by atoms with Gasteiger partial charge in [-0.25, -0.2) is 4.39 Å². The van der Waals surface area contributed by atoms with Crippen LogP contribution in [0.25, 0.3) is 0 Å². The lowest BCUT2D eigenvalue weighted by Gasteiger charge is -1.98. The number of halogens is 2. The number of hydrazone groups is 1.